The number of nitrogens with one attached hydrogen (secondary N) is 2. The molecule has 2 N–H and O–H groups in total. The summed E-state index contributed by atoms with van der Waals surface area (Å²) in [5.41, 5.74) is 0.887. The average molecular weight is 368 g/mol. The number of hydrogen-bond donors (Lipinski definition) is 2. The molecule has 26 heavy (non-hydrogen) atoms. The minimum absolute atomic E-state index is 0.0891. The van der Waals surface area contributed by atoms with Gasteiger partial charge in [0.15, 0.2) is 11.6 Å². The highest BCUT2D eigenvalue weighted by Crippen LogP contribution is 2.26. The number of fused-ring (bicyclic) bond motifs is 1. The molecule has 3 aromatic heterocycles. The van der Waals surface area contributed by atoms with E-state index in [0.717, 1.165) is 20.9 Å². The van der Waals surface area contributed by atoms with Crippen LogP contribution in [0.2, 0.25) is 0 Å². The molecule has 132 valence electrons. The van der Waals surface area contributed by atoms with Crippen molar-refractivity contribution in [2.24, 2.45) is 0 Å². The molecule has 0 saturated heterocycles. The molecule has 0 aliphatic heterocycles. The van der Waals surface area contributed by atoms with Gasteiger partial charge in [0.1, 0.15) is 5.56 Å². The zero-order valence-electron chi connectivity index (χ0n) is 14.4. The normalized spacial score (nSPS) is 11.5. The second kappa shape index (κ2) is 6.03. The van der Waals surface area contributed by atoms with E-state index in [9.17, 15) is 9.59 Å². The van der Waals surface area contributed by atoms with Gasteiger partial charge in [0.05, 0.1) is 20.9 Å². The van der Waals surface area contributed by atoms with Gasteiger partial charge in [-0.15, -0.1) is 11.3 Å². The number of hydrogen-bond acceptors (Lipinski definition) is 6. The first kappa shape index (κ1) is 16.4. The van der Waals surface area contributed by atoms with E-state index >= 15 is 0 Å². The highest BCUT2D eigenvalue weighted by molar-refractivity contribution is 7.18. The van der Waals surface area contributed by atoms with Crippen LogP contribution in [0.15, 0.2) is 34.0 Å². The summed E-state index contributed by atoms with van der Waals surface area (Å²) >= 11 is 1.59. The van der Waals surface area contributed by atoms with Gasteiger partial charge in [0, 0.05) is 12.1 Å². The lowest BCUT2D eigenvalue weighted by atomic mass is 10.2. The molecular weight excluding hydrogens is 352 g/mol. The van der Waals surface area contributed by atoms with Gasteiger partial charge in [-0.25, -0.2) is 19.4 Å². The number of nitrogens with zero attached hydrogens (tertiary/aromatic N) is 4. The van der Waals surface area contributed by atoms with Gasteiger partial charge in [0.2, 0.25) is 0 Å². The standard InChI is InChI=1S/C17H16N6O2S/c1-8(2)14-20-15(11-7-18-17(25)21-16(11)24)23(22-14)10-4-5-12-13(6-10)26-9(3)19-12/h4-8H,1-3H3,(H2,18,21,24,25). The average Bonchev–Trinajstić information content (AvgIpc) is 3.16. The molecular formula is C17H16N6O2S. The maximum atomic E-state index is 12.3. The summed E-state index contributed by atoms with van der Waals surface area (Å²) in [6, 6.07) is 5.79. The first-order valence-electron chi connectivity index (χ1n) is 8.09. The van der Waals surface area contributed by atoms with Crippen LogP contribution in [-0.2, 0) is 0 Å². The SMILES string of the molecule is Cc1nc2ccc(-n3nc(C(C)C)nc3-c3c[nH]c(=O)[nH]c3=O)cc2s1. The van der Waals surface area contributed by atoms with Crippen LogP contribution in [0.1, 0.15) is 30.6 Å². The fourth-order valence-electron chi connectivity index (χ4n) is 2.66. The molecule has 0 fully saturated rings. The van der Waals surface area contributed by atoms with Gasteiger partial charge in [-0.3, -0.25) is 9.78 Å². The van der Waals surface area contributed by atoms with Gasteiger partial charge >= 0.3 is 5.69 Å². The predicted octanol–water partition coefficient (Wildman–Crippen LogP) is 2.35. The molecule has 0 aliphatic carbocycles. The third-order valence-corrected chi connectivity index (χ3v) is 4.86. The van der Waals surface area contributed by atoms with Crippen molar-refractivity contribution in [3.8, 4) is 17.1 Å². The smallest absolute Gasteiger partial charge is 0.313 e. The first-order valence-corrected chi connectivity index (χ1v) is 8.91. The van der Waals surface area contributed by atoms with E-state index in [1.165, 1.54) is 6.20 Å². The largest absolute Gasteiger partial charge is 0.325 e. The summed E-state index contributed by atoms with van der Waals surface area (Å²) in [5.74, 6) is 1.09. The quantitative estimate of drug-likeness (QED) is 0.577. The minimum atomic E-state index is -0.560. The number of rotatable bonds is 3. The Balaban J connectivity index is 1.96. The van der Waals surface area contributed by atoms with Crippen LogP contribution in [-0.4, -0.2) is 29.7 Å². The molecule has 0 unspecified atom stereocenters. The van der Waals surface area contributed by atoms with Crippen molar-refractivity contribution in [1.82, 2.24) is 29.7 Å². The third-order valence-electron chi connectivity index (χ3n) is 3.92. The number of aromatic nitrogens is 6. The highest BCUT2D eigenvalue weighted by Gasteiger charge is 2.19. The summed E-state index contributed by atoms with van der Waals surface area (Å²) in [7, 11) is 0. The summed E-state index contributed by atoms with van der Waals surface area (Å²) in [4.78, 5) is 37.3. The zero-order valence-corrected chi connectivity index (χ0v) is 15.2. The number of benzene rings is 1. The van der Waals surface area contributed by atoms with Gasteiger partial charge in [-0.05, 0) is 25.1 Å². The van der Waals surface area contributed by atoms with Crippen molar-refractivity contribution in [2.75, 3.05) is 0 Å². The van der Waals surface area contributed by atoms with Gasteiger partial charge < -0.3 is 4.98 Å². The number of H-pyrrole nitrogens is 2. The Labute approximate surface area is 151 Å². The topological polar surface area (TPSA) is 109 Å². The lowest BCUT2D eigenvalue weighted by molar-refractivity contribution is 0.754. The number of thiazole rings is 1. The molecule has 3 heterocycles. The van der Waals surface area contributed by atoms with Gasteiger partial charge in [0.25, 0.3) is 5.56 Å². The van der Waals surface area contributed by atoms with Crippen LogP contribution in [0, 0.1) is 6.92 Å². The molecule has 0 atom stereocenters. The Bertz CT molecular complexity index is 1230. The summed E-state index contributed by atoms with van der Waals surface area (Å²) in [5, 5.41) is 5.56. The van der Waals surface area contributed by atoms with Crippen LogP contribution >= 0.6 is 11.3 Å². The Hall–Kier alpha value is -3.07. The van der Waals surface area contributed by atoms with Crippen molar-refractivity contribution < 1.29 is 0 Å². The van der Waals surface area contributed by atoms with Crippen LogP contribution in [0.25, 0.3) is 27.3 Å². The van der Waals surface area contributed by atoms with Crippen molar-refractivity contribution in [3.05, 3.63) is 56.1 Å². The highest BCUT2D eigenvalue weighted by atomic mass is 32.1. The summed E-state index contributed by atoms with van der Waals surface area (Å²) in [6.07, 6.45) is 1.36. The van der Waals surface area contributed by atoms with Crippen molar-refractivity contribution in [3.63, 3.8) is 0 Å². The fraction of sp³-hybridized carbons (Fsp3) is 0.235. The Morgan fingerprint density at radius 1 is 1.19 bits per heavy atom. The van der Waals surface area contributed by atoms with E-state index in [1.54, 1.807) is 16.0 Å². The van der Waals surface area contributed by atoms with E-state index in [4.69, 9.17) is 0 Å². The lowest BCUT2D eigenvalue weighted by Gasteiger charge is -2.05. The molecule has 1 aromatic carbocycles. The Morgan fingerprint density at radius 3 is 2.73 bits per heavy atom. The molecule has 4 rings (SSSR count). The fourth-order valence-corrected chi connectivity index (χ4v) is 3.52. The van der Waals surface area contributed by atoms with Crippen LogP contribution in [0.5, 0.6) is 0 Å². The second-order valence-corrected chi connectivity index (χ2v) is 7.47. The molecule has 8 nitrogen and oxygen atoms in total. The Kier molecular flexibility index (Phi) is 3.80. The van der Waals surface area contributed by atoms with E-state index in [1.807, 2.05) is 39.0 Å². The number of aryl methyl sites for hydroxylation is 1. The zero-order chi connectivity index (χ0) is 18.4. The second-order valence-electron chi connectivity index (χ2n) is 6.23. The molecule has 4 aromatic rings. The molecule has 0 aliphatic rings. The third kappa shape index (κ3) is 2.76. The van der Waals surface area contributed by atoms with E-state index in [2.05, 4.69) is 25.0 Å². The summed E-state index contributed by atoms with van der Waals surface area (Å²) < 4.78 is 2.66. The van der Waals surface area contributed by atoms with Gasteiger partial charge in [-0.1, -0.05) is 13.8 Å². The van der Waals surface area contributed by atoms with Crippen LogP contribution < -0.4 is 11.2 Å². The molecule has 0 spiro atoms. The predicted molar refractivity (Wildman–Crippen MR) is 100 cm³/mol. The molecule has 0 saturated carbocycles. The molecule has 9 heteroatoms. The van der Waals surface area contributed by atoms with Crippen molar-refractivity contribution in [1.29, 1.82) is 0 Å². The molecule has 0 amide bonds. The van der Waals surface area contributed by atoms with E-state index < -0.39 is 11.2 Å². The lowest BCUT2D eigenvalue weighted by Crippen LogP contribution is -2.23. The maximum absolute atomic E-state index is 12.3. The molecule has 0 bridgehead atoms. The minimum Gasteiger partial charge on any atom is -0.313 e. The van der Waals surface area contributed by atoms with Crippen molar-refractivity contribution in [2.45, 2.75) is 26.7 Å². The van der Waals surface area contributed by atoms with Crippen molar-refractivity contribution >= 4 is 21.6 Å². The maximum Gasteiger partial charge on any atom is 0.325 e. The van der Waals surface area contributed by atoms with Crippen LogP contribution in [0.4, 0.5) is 0 Å². The molecule has 0 radical (unpaired) electrons. The van der Waals surface area contributed by atoms with E-state index in [-0.39, 0.29) is 11.5 Å². The monoisotopic (exact) mass is 368 g/mol. The van der Waals surface area contributed by atoms with E-state index in [0.29, 0.717) is 11.6 Å². The van der Waals surface area contributed by atoms with Gasteiger partial charge in [-0.2, -0.15) is 5.10 Å². The number of aromatic amines is 2. The summed E-state index contributed by atoms with van der Waals surface area (Å²) in [6.45, 7) is 5.93. The Morgan fingerprint density at radius 2 is 2.00 bits per heavy atom. The van der Waals surface area contributed by atoms with Crippen LogP contribution in [0.3, 0.4) is 0 Å². The first-order chi connectivity index (χ1) is 12.4.